The third-order valence-electron chi connectivity index (χ3n) is 2.94. The first-order valence-corrected chi connectivity index (χ1v) is 5.65. The fraction of sp³-hybridized carbons (Fsp3) is 0.545. The minimum Gasteiger partial charge on any atom is -0.395 e. The van der Waals surface area contributed by atoms with Gasteiger partial charge >= 0.3 is 5.88 Å². The van der Waals surface area contributed by atoms with Crippen molar-refractivity contribution in [3.63, 3.8) is 0 Å². The van der Waals surface area contributed by atoms with Crippen LogP contribution in [0.3, 0.4) is 0 Å². The second-order valence-corrected chi connectivity index (χ2v) is 4.72. The molecule has 0 spiro atoms. The zero-order valence-corrected chi connectivity index (χ0v) is 9.96. The Morgan fingerprint density at radius 2 is 2.33 bits per heavy atom. The van der Waals surface area contributed by atoms with Crippen LogP contribution >= 0.6 is 0 Å². The van der Waals surface area contributed by atoms with E-state index in [4.69, 9.17) is 4.42 Å². The molecule has 2 rings (SSSR count). The lowest BCUT2D eigenvalue weighted by Crippen LogP contribution is -2.48. The third-order valence-corrected chi connectivity index (χ3v) is 2.94. The van der Waals surface area contributed by atoms with Gasteiger partial charge in [0.1, 0.15) is 4.92 Å². The SMILES string of the molecule is CC1(O)CCCN(C(=O)c2ccc([N+](=O)[O-])o2)C1. The van der Waals surface area contributed by atoms with Crippen molar-refractivity contribution >= 4 is 11.8 Å². The van der Waals surface area contributed by atoms with Gasteiger partial charge in [0.2, 0.25) is 0 Å². The molecule has 7 nitrogen and oxygen atoms in total. The number of amides is 1. The number of carbonyl (C=O) groups is 1. The number of hydrogen-bond acceptors (Lipinski definition) is 5. The molecular formula is C11H14N2O5. The molecule has 98 valence electrons. The number of nitrogens with zero attached hydrogens (tertiary/aromatic N) is 2. The van der Waals surface area contributed by atoms with E-state index in [0.29, 0.717) is 19.4 Å². The van der Waals surface area contributed by atoms with E-state index in [0.717, 1.165) is 6.07 Å². The van der Waals surface area contributed by atoms with E-state index in [-0.39, 0.29) is 12.3 Å². The molecule has 1 fully saturated rings. The first-order chi connectivity index (χ1) is 8.39. The Hall–Kier alpha value is -1.89. The summed E-state index contributed by atoms with van der Waals surface area (Å²) in [6, 6.07) is 2.43. The highest BCUT2D eigenvalue weighted by atomic mass is 16.6. The van der Waals surface area contributed by atoms with E-state index in [2.05, 4.69) is 0 Å². The summed E-state index contributed by atoms with van der Waals surface area (Å²) in [6.45, 7) is 2.39. The number of piperidine rings is 1. The maximum absolute atomic E-state index is 12.0. The van der Waals surface area contributed by atoms with Crippen LogP contribution in [0, 0.1) is 10.1 Å². The van der Waals surface area contributed by atoms with Crippen LogP contribution in [0.2, 0.25) is 0 Å². The molecule has 1 aliphatic heterocycles. The first kappa shape index (κ1) is 12.6. The predicted octanol–water partition coefficient (Wildman–Crippen LogP) is 1.17. The molecule has 7 heteroatoms. The number of likely N-dealkylation sites (tertiary alicyclic amines) is 1. The average Bonchev–Trinajstić information content (AvgIpc) is 2.76. The van der Waals surface area contributed by atoms with E-state index >= 15 is 0 Å². The van der Waals surface area contributed by atoms with Crippen molar-refractivity contribution in [3.8, 4) is 0 Å². The summed E-state index contributed by atoms with van der Waals surface area (Å²) in [5, 5.41) is 20.4. The van der Waals surface area contributed by atoms with Gasteiger partial charge < -0.3 is 14.4 Å². The summed E-state index contributed by atoms with van der Waals surface area (Å²) >= 11 is 0. The minimum absolute atomic E-state index is 0.0700. The summed E-state index contributed by atoms with van der Waals surface area (Å²) < 4.78 is 4.86. The number of rotatable bonds is 2. The standard InChI is InChI=1S/C11H14N2O5/c1-11(15)5-2-6-12(7-11)10(14)8-3-4-9(18-8)13(16)17/h3-4,15H,2,5-7H2,1H3. The van der Waals surface area contributed by atoms with Gasteiger partial charge in [-0.1, -0.05) is 0 Å². The Bertz CT molecular complexity index is 480. The molecule has 1 aromatic heterocycles. The second-order valence-electron chi connectivity index (χ2n) is 4.72. The minimum atomic E-state index is -0.910. The van der Waals surface area contributed by atoms with Crippen molar-refractivity contribution in [1.29, 1.82) is 0 Å². The third kappa shape index (κ3) is 2.51. The summed E-state index contributed by atoms with van der Waals surface area (Å²) in [5.41, 5.74) is -0.910. The Labute approximate surface area is 103 Å². The van der Waals surface area contributed by atoms with E-state index in [1.165, 1.54) is 11.0 Å². The fourth-order valence-electron chi connectivity index (χ4n) is 2.09. The van der Waals surface area contributed by atoms with Crippen molar-refractivity contribution in [3.05, 3.63) is 28.0 Å². The Balaban J connectivity index is 2.13. The van der Waals surface area contributed by atoms with Crippen LogP contribution in [0.15, 0.2) is 16.5 Å². The lowest BCUT2D eigenvalue weighted by Gasteiger charge is -2.36. The molecule has 0 saturated carbocycles. The van der Waals surface area contributed by atoms with Crippen LogP contribution < -0.4 is 0 Å². The van der Waals surface area contributed by atoms with Crippen LogP contribution in [0.5, 0.6) is 0 Å². The summed E-state index contributed by atoms with van der Waals surface area (Å²) in [4.78, 5) is 23.2. The molecule has 0 radical (unpaired) electrons. The molecule has 1 unspecified atom stereocenters. The van der Waals surface area contributed by atoms with Gasteiger partial charge in [0.25, 0.3) is 5.91 Å². The molecule has 0 aliphatic carbocycles. The first-order valence-electron chi connectivity index (χ1n) is 5.65. The van der Waals surface area contributed by atoms with Gasteiger partial charge in [0.05, 0.1) is 11.7 Å². The quantitative estimate of drug-likeness (QED) is 0.631. The number of carbonyl (C=O) groups excluding carboxylic acids is 1. The Kier molecular flexibility index (Phi) is 3.08. The lowest BCUT2D eigenvalue weighted by atomic mass is 9.95. The maximum Gasteiger partial charge on any atom is 0.433 e. The normalized spacial score (nSPS) is 24.0. The largest absolute Gasteiger partial charge is 0.433 e. The van der Waals surface area contributed by atoms with Crippen molar-refractivity contribution < 1.29 is 19.2 Å². The van der Waals surface area contributed by atoms with Gasteiger partial charge in [-0.2, -0.15) is 0 Å². The molecule has 1 atom stereocenters. The summed E-state index contributed by atoms with van der Waals surface area (Å²) in [6.07, 6.45) is 1.33. The molecule has 18 heavy (non-hydrogen) atoms. The fourth-order valence-corrected chi connectivity index (χ4v) is 2.09. The molecule has 0 bridgehead atoms. The number of hydrogen-bond donors (Lipinski definition) is 1. The number of β-amino-alcohol motifs (C(OH)–C–C–N with tert-alkyl or cyclic N) is 1. The summed E-state index contributed by atoms with van der Waals surface area (Å²) in [7, 11) is 0. The van der Waals surface area contributed by atoms with E-state index in [1.807, 2.05) is 0 Å². The van der Waals surface area contributed by atoms with Crippen LogP contribution in [-0.4, -0.2) is 39.5 Å². The van der Waals surface area contributed by atoms with Crippen LogP contribution in [0.25, 0.3) is 0 Å². The lowest BCUT2D eigenvalue weighted by molar-refractivity contribution is -0.402. The Morgan fingerprint density at radius 1 is 1.61 bits per heavy atom. The van der Waals surface area contributed by atoms with Gasteiger partial charge in [-0.05, 0) is 25.8 Å². The monoisotopic (exact) mass is 254 g/mol. The highest BCUT2D eigenvalue weighted by Crippen LogP contribution is 2.23. The van der Waals surface area contributed by atoms with Crippen LogP contribution in [-0.2, 0) is 0 Å². The zero-order chi connectivity index (χ0) is 13.3. The molecule has 1 aromatic rings. The van der Waals surface area contributed by atoms with E-state index in [9.17, 15) is 20.0 Å². The zero-order valence-electron chi connectivity index (χ0n) is 9.96. The molecule has 1 N–H and O–H groups in total. The van der Waals surface area contributed by atoms with E-state index in [1.54, 1.807) is 6.92 Å². The smallest absolute Gasteiger partial charge is 0.395 e. The molecule has 0 aromatic carbocycles. The topological polar surface area (TPSA) is 96.8 Å². The van der Waals surface area contributed by atoms with Crippen molar-refractivity contribution in [2.45, 2.75) is 25.4 Å². The summed E-state index contributed by atoms with van der Waals surface area (Å²) in [5.74, 6) is -0.954. The van der Waals surface area contributed by atoms with Crippen LogP contribution in [0.1, 0.15) is 30.3 Å². The molecule has 2 heterocycles. The number of aliphatic hydroxyl groups is 1. The van der Waals surface area contributed by atoms with E-state index < -0.39 is 22.3 Å². The maximum atomic E-state index is 12.0. The molecule has 1 aliphatic rings. The van der Waals surface area contributed by atoms with Crippen molar-refractivity contribution in [2.75, 3.05) is 13.1 Å². The van der Waals surface area contributed by atoms with Gasteiger partial charge in [-0.25, -0.2) is 0 Å². The molecule has 1 saturated heterocycles. The molecular weight excluding hydrogens is 240 g/mol. The number of furan rings is 1. The van der Waals surface area contributed by atoms with Gasteiger partial charge in [-0.3, -0.25) is 14.9 Å². The average molecular weight is 254 g/mol. The highest BCUT2D eigenvalue weighted by Gasteiger charge is 2.32. The molecule has 1 amide bonds. The van der Waals surface area contributed by atoms with Gasteiger partial charge in [0, 0.05) is 13.1 Å². The van der Waals surface area contributed by atoms with Gasteiger partial charge in [0.15, 0.2) is 5.76 Å². The van der Waals surface area contributed by atoms with Crippen molar-refractivity contribution in [2.24, 2.45) is 0 Å². The number of nitro groups is 1. The van der Waals surface area contributed by atoms with Gasteiger partial charge in [-0.15, -0.1) is 0 Å². The Morgan fingerprint density at radius 3 is 2.89 bits per heavy atom. The predicted molar refractivity (Wildman–Crippen MR) is 61.1 cm³/mol. The highest BCUT2D eigenvalue weighted by molar-refractivity contribution is 5.91. The van der Waals surface area contributed by atoms with Crippen molar-refractivity contribution in [1.82, 2.24) is 4.90 Å². The second kappa shape index (κ2) is 4.41. The van der Waals surface area contributed by atoms with Crippen LogP contribution in [0.4, 0.5) is 5.88 Å².